The first-order chi connectivity index (χ1) is 18.0. The molecular weight excluding hydrogens is 549 g/mol. The van der Waals surface area contributed by atoms with Crippen molar-refractivity contribution in [2.75, 3.05) is 14.2 Å². The Kier molecular flexibility index (Phi) is 8.22. The Balaban J connectivity index is 1.62. The van der Waals surface area contributed by atoms with Crippen molar-refractivity contribution in [3.63, 3.8) is 0 Å². The number of methoxy groups -OCH3 is 2. The molecule has 0 bridgehead atoms. The molecule has 0 saturated heterocycles. The highest BCUT2D eigenvalue weighted by atomic mass is 35.5. The molecule has 1 atom stereocenters. The van der Waals surface area contributed by atoms with Gasteiger partial charge in [-0.15, -0.1) is 0 Å². The van der Waals surface area contributed by atoms with Gasteiger partial charge < -0.3 is 24.4 Å². The van der Waals surface area contributed by atoms with Gasteiger partial charge in [0.25, 0.3) is 0 Å². The molecule has 8 nitrogen and oxygen atoms in total. The number of aromatic nitrogens is 2. The SMILES string of the molecule is COc1cc(OC)c(CCC2(C3CCCC3)CC(O)=C(Sc3nc(O)cc(C(F)(F)F)n3)C(=O)O2)cc1Cl. The van der Waals surface area contributed by atoms with Crippen LogP contribution in [0.25, 0.3) is 0 Å². The number of halogens is 4. The lowest BCUT2D eigenvalue weighted by molar-refractivity contribution is -0.166. The Labute approximate surface area is 226 Å². The van der Waals surface area contributed by atoms with E-state index in [1.54, 1.807) is 12.1 Å². The first kappa shape index (κ1) is 28.2. The van der Waals surface area contributed by atoms with E-state index >= 15 is 0 Å². The standard InChI is InChI=1S/C25H26ClF3N2O6S/c1-35-17-10-18(36-2)15(26)9-13(17)7-8-24(14-5-3-4-6-14)12-16(32)21(22(34)37-24)38-23-30-19(25(27,28)29)11-20(33)31-23/h9-11,14,32H,3-8,12H2,1-2H3,(H,30,31,33). The summed E-state index contributed by atoms with van der Waals surface area (Å²) in [5.41, 5.74) is -1.64. The molecule has 206 valence electrons. The first-order valence-electron chi connectivity index (χ1n) is 11.8. The number of esters is 1. The Hall–Kier alpha value is -2.86. The number of hydrogen-bond donors (Lipinski definition) is 2. The van der Waals surface area contributed by atoms with Crippen LogP contribution in [-0.4, -0.2) is 46.0 Å². The number of hydrogen-bond acceptors (Lipinski definition) is 9. The first-order valence-corrected chi connectivity index (χ1v) is 13.0. The van der Waals surface area contributed by atoms with Gasteiger partial charge >= 0.3 is 12.1 Å². The maximum absolute atomic E-state index is 13.2. The molecule has 13 heteroatoms. The van der Waals surface area contributed by atoms with Crippen molar-refractivity contribution in [3.8, 4) is 17.4 Å². The van der Waals surface area contributed by atoms with Crippen molar-refractivity contribution in [2.24, 2.45) is 5.92 Å². The van der Waals surface area contributed by atoms with Crippen LogP contribution < -0.4 is 9.47 Å². The Morgan fingerprint density at radius 3 is 2.42 bits per heavy atom. The molecule has 38 heavy (non-hydrogen) atoms. The highest BCUT2D eigenvalue weighted by Gasteiger charge is 2.48. The van der Waals surface area contributed by atoms with Gasteiger partial charge in [-0.05, 0) is 55.0 Å². The average Bonchev–Trinajstić information content (AvgIpc) is 3.40. The maximum atomic E-state index is 13.2. The number of benzene rings is 1. The monoisotopic (exact) mass is 574 g/mol. The predicted octanol–water partition coefficient (Wildman–Crippen LogP) is 6.24. The number of carbonyl (C=O) groups excluding carboxylic acids is 1. The third-order valence-electron chi connectivity index (χ3n) is 6.86. The zero-order valence-corrected chi connectivity index (χ0v) is 22.2. The van der Waals surface area contributed by atoms with Crippen molar-refractivity contribution in [1.29, 1.82) is 0 Å². The maximum Gasteiger partial charge on any atom is 0.433 e. The molecule has 0 radical (unpaired) electrons. The summed E-state index contributed by atoms with van der Waals surface area (Å²) in [5.74, 6) is -1.14. The van der Waals surface area contributed by atoms with Crippen LogP contribution in [0.1, 0.15) is 49.8 Å². The summed E-state index contributed by atoms with van der Waals surface area (Å²) in [7, 11) is 3.01. The lowest BCUT2D eigenvalue weighted by atomic mass is 9.77. The number of aryl methyl sites for hydroxylation is 1. The van der Waals surface area contributed by atoms with Crippen LogP contribution in [-0.2, 0) is 22.1 Å². The Morgan fingerprint density at radius 1 is 1.13 bits per heavy atom. The fraction of sp³-hybridized carbons (Fsp3) is 0.480. The van der Waals surface area contributed by atoms with Crippen LogP contribution in [0.2, 0.25) is 5.02 Å². The van der Waals surface area contributed by atoms with Crippen molar-refractivity contribution in [1.82, 2.24) is 9.97 Å². The van der Waals surface area contributed by atoms with Gasteiger partial charge in [0.15, 0.2) is 10.9 Å². The van der Waals surface area contributed by atoms with Gasteiger partial charge in [0.05, 0.1) is 19.2 Å². The number of aliphatic hydroxyl groups is 1. The molecule has 1 saturated carbocycles. The Morgan fingerprint density at radius 2 is 1.82 bits per heavy atom. The van der Waals surface area contributed by atoms with Crippen LogP contribution in [0.5, 0.6) is 17.4 Å². The topological polar surface area (TPSA) is 111 Å². The number of alkyl halides is 3. The van der Waals surface area contributed by atoms with E-state index in [2.05, 4.69) is 9.97 Å². The molecule has 2 heterocycles. The normalized spacial score (nSPS) is 20.5. The fourth-order valence-electron chi connectivity index (χ4n) is 5.03. The van der Waals surface area contributed by atoms with E-state index in [0.29, 0.717) is 47.2 Å². The highest BCUT2D eigenvalue weighted by molar-refractivity contribution is 8.03. The predicted molar refractivity (Wildman–Crippen MR) is 132 cm³/mol. The minimum atomic E-state index is -4.83. The zero-order chi connectivity index (χ0) is 27.7. The van der Waals surface area contributed by atoms with Gasteiger partial charge in [-0.2, -0.15) is 18.2 Å². The van der Waals surface area contributed by atoms with Crippen LogP contribution in [0, 0.1) is 5.92 Å². The van der Waals surface area contributed by atoms with Gasteiger partial charge in [0, 0.05) is 18.6 Å². The third kappa shape index (κ3) is 5.90. The highest BCUT2D eigenvalue weighted by Crippen LogP contribution is 2.48. The molecule has 1 fully saturated rings. The second kappa shape index (κ2) is 11.1. The van der Waals surface area contributed by atoms with E-state index < -0.39 is 34.5 Å². The molecule has 1 aliphatic carbocycles. The fourth-order valence-corrected chi connectivity index (χ4v) is 6.08. The number of rotatable bonds is 8. The number of nitrogens with zero attached hydrogens (tertiary/aromatic N) is 2. The second-order valence-electron chi connectivity index (χ2n) is 9.18. The number of cyclic esters (lactones) is 1. The molecule has 0 spiro atoms. The van der Waals surface area contributed by atoms with Crippen molar-refractivity contribution >= 4 is 29.3 Å². The summed E-state index contributed by atoms with van der Waals surface area (Å²) in [6.07, 6.45) is -0.591. The van der Waals surface area contributed by atoms with Crippen LogP contribution >= 0.6 is 23.4 Å². The number of aromatic hydroxyl groups is 1. The molecule has 2 aromatic rings. The van der Waals surface area contributed by atoms with E-state index in [-0.39, 0.29) is 23.0 Å². The number of aliphatic hydroxyl groups excluding tert-OH is 1. The van der Waals surface area contributed by atoms with Crippen LogP contribution in [0.15, 0.2) is 34.0 Å². The van der Waals surface area contributed by atoms with Crippen molar-refractivity contribution in [3.05, 3.63) is 45.1 Å². The van der Waals surface area contributed by atoms with Gasteiger partial charge in [-0.1, -0.05) is 24.4 Å². The van der Waals surface area contributed by atoms with E-state index in [9.17, 15) is 28.2 Å². The lowest BCUT2D eigenvalue weighted by Crippen LogP contribution is -2.45. The molecule has 1 aromatic carbocycles. The van der Waals surface area contributed by atoms with Crippen LogP contribution in [0.3, 0.4) is 0 Å². The molecule has 4 rings (SSSR count). The van der Waals surface area contributed by atoms with Gasteiger partial charge in [0.1, 0.15) is 27.8 Å². The quantitative estimate of drug-likeness (QED) is 0.279. The Bertz CT molecular complexity index is 1250. The lowest BCUT2D eigenvalue weighted by Gasteiger charge is -2.41. The van der Waals surface area contributed by atoms with E-state index in [1.807, 2.05) is 0 Å². The molecule has 1 aromatic heterocycles. The van der Waals surface area contributed by atoms with Gasteiger partial charge in [0.2, 0.25) is 5.88 Å². The summed E-state index contributed by atoms with van der Waals surface area (Å²) in [6, 6.07) is 3.77. The number of ether oxygens (including phenoxy) is 3. The largest absolute Gasteiger partial charge is 0.511 e. The van der Waals surface area contributed by atoms with E-state index in [1.165, 1.54) is 14.2 Å². The molecule has 1 unspecified atom stereocenters. The van der Waals surface area contributed by atoms with Crippen LogP contribution in [0.4, 0.5) is 13.2 Å². The second-order valence-corrected chi connectivity index (χ2v) is 10.6. The minimum absolute atomic E-state index is 0.0197. The van der Waals surface area contributed by atoms with Gasteiger partial charge in [-0.25, -0.2) is 9.78 Å². The summed E-state index contributed by atoms with van der Waals surface area (Å²) in [4.78, 5) is 19.8. The summed E-state index contributed by atoms with van der Waals surface area (Å²) in [5, 5.41) is 20.4. The summed E-state index contributed by atoms with van der Waals surface area (Å²) < 4.78 is 56.1. The summed E-state index contributed by atoms with van der Waals surface area (Å²) >= 11 is 6.74. The van der Waals surface area contributed by atoms with Gasteiger partial charge in [-0.3, -0.25) is 0 Å². The molecule has 2 aliphatic rings. The van der Waals surface area contributed by atoms with E-state index in [0.717, 1.165) is 31.2 Å². The third-order valence-corrected chi connectivity index (χ3v) is 8.12. The molecule has 1 aliphatic heterocycles. The number of thioether (sulfide) groups is 1. The smallest absolute Gasteiger partial charge is 0.433 e. The van der Waals surface area contributed by atoms with Crippen molar-refractivity contribution < 1.29 is 42.4 Å². The zero-order valence-electron chi connectivity index (χ0n) is 20.6. The van der Waals surface area contributed by atoms with E-state index in [4.69, 9.17) is 25.8 Å². The van der Waals surface area contributed by atoms with Crippen molar-refractivity contribution in [2.45, 2.75) is 61.9 Å². The molecule has 0 amide bonds. The average molecular weight is 575 g/mol. The number of carbonyl (C=O) groups is 1. The molecule has 2 N–H and O–H groups in total. The minimum Gasteiger partial charge on any atom is -0.511 e. The molecular formula is C25H26ClF3N2O6S. The summed E-state index contributed by atoms with van der Waals surface area (Å²) in [6.45, 7) is 0.